The molecule has 4 N–H and O–H groups in total. The fraction of sp³-hybridized carbons (Fsp3) is 0.100. The molecule has 0 bridgehead atoms. The van der Waals surface area contributed by atoms with E-state index < -0.39 is 11.9 Å². The van der Waals surface area contributed by atoms with Gasteiger partial charge in [-0.3, -0.25) is 0 Å². The molecule has 0 aliphatic heterocycles. The average molecular weight is 335 g/mol. The molecule has 0 aliphatic carbocycles. The summed E-state index contributed by atoms with van der Waals surface area (Å²) < 4.78 is 0. The Bertz CT molecular complexity index is 991. The van der Waals surface area contributed by atoms with Gasteiger partial charge in [-0.2, -0.15) is 0 Å². The Morgan fingerprint density at radius 2 is 1.64 bits per heavy atom. The molecule has 0 saturated heterocycles. The van der Waals surface area contributed by atoms with E-state index in [1.54, 1.807) is 18.2 Å². The van der Waals surface area contributed by atoms with Crippen molar-refractivity contribution in [2.45, 2.75) is 13.5 Å². The van der Waals surface area contributed by atoms with Crippen molar-refractivity contribution in [3.05, 3.63) is 70.8 Å². The second-order valence-corrected chi connectivity index (χ2v) is 5.91. The van der Waals surface area contributed by atoms with Crippen LogP contribution in [-0.2, 0) is 6.54 Å². The van der Waals surface area contributed by atoms with E-state index in [1.165, 1.54) is 6.07 Å². The van der Waals surface area contributed by atoms with Gasteiger partial charge in [0.15, 0.2) is 0 Å². The van der Waals surface area contributed by atoms with Gasteiger partial charge in [0, 0.05) is 12.1 Å². The Hall–Kier alpha value is -3.18. The molecule has 0 unspecified atom stereocenters. The van der Waals surface area contributed by atoms with E-state index in [2.05, 4.69) is 0 Å². The lowest BCUT2D eigenvalue weighted by Crippen LogP contribution is -2.10. The second-order valence-electron chi connectivity index (χ2n) is 5.91. The van der Waals surface area contributed by atoms with E-state index in [0.29, 0.717) is 28.4 Å². The van der Waals surface area contributed by atoms with Crippen LogP contribution in [0.2, 0.25) is 0 Å². The predicted octanol–water partition coefficient (Wildman–Crippen LogP) is 3.67. The summed E-state index contributed by atoms with van der Waals surface area (Å²) >= 11 is 0. The molecule has 25 heavy (non-hydrogen) atoms. The first-order chi connectivity index (χ1) is 11.9. The summed E-state index contributed by atoms with van der Waals surface area (Å²) in [5.74, 6) is -2.53. The summed E-state index contributed by atoms with van der Waals surface area (Å²) in [7, 11) is 0. The molecule has 5 nitrogen and oxygen atoms in total. The van der Waals surface area contributed by atoms with E-state index in [1.807, 2.05) is 31.2 Å². The highest BCUT2D eigenvalue weighted by Gasteiger charge is 2.24. The van der Waals surface area contributed by atoms with E-state index in [0.717, 1.165) is 11.1 Å². The lowest BCUT2D eigenvalue weighted by molar-refractivity contribution is 0.0652. The molecule has 0 atom stereocenters. The Morgan fingerprint density at radius 3 is 2.20 bits per heavy atom. The van der Waals surface area contributed by atoms with Crippen molar-refractivity contribution in [2.75, 3.05) is 0 Å². The fourth-order valence-corrected chi connectivity index (χ4v) is 3.01. The van der Waals surface area contributed by atoms with Crippen molar-refractivity contribution in [2.24, 2.45) is 5.73 Å². The molecule has 0 aliphatic rings. The number of fused-ring (bicyclic) bond motifs is 1. The molecule has 3 rings (SSSR count). The second kappa shape index (κ2) is 6.37. The third kappa shape index (κ3) is 2.97. The van der Waals surface area contributed by atoms with Gasteiger partial charge in [-0.1, -0.05) is 48.0 Å². The van der Waals surface area contributed by atoms with Gasteiger partial charge >= 0.3 is 11.9 Å². The zero-order valence-electron chi connectivity index (χ0n) is 13.6. The molecule has 3 aromatic carbocycles. The quantitative estimate of drug-likeness (QED) is 0.675. The van der Waals surface area contributed by atoms with Crippen molar-refractivity contribution in [1.29, 1.82) is 0 Å². The Morgan fingerprint density at radius 1 is 0.960 bits per heavy atom. The number of carbonyl (C=O) groups is 2. The van der Waals surface area contributed by atoms with Crippen LogP contribution in [0, 0.1) is 6.92 Å². The van der Waals surface area contributed by atoms with Crippen molar-refractivity contribution in [3.8, 4) is 11.1 Å². The highest BCUT2D eigenvalue weighted by atomic mass is 16.4. The predicted molar refractivity (Wildman–Crippen MR) is 95.9 cm³/mol. The van der Waals surface area contributed by atoms with Crippen molar-refractivity contribution in [1.82, 2.24) is 0 Å². The van der Waals surface area contributed by atoms with Crippen molar-refractivity contribution >= 4 is 22.7 Å². The molecule has 0 radical (unpaired) electrons. The van der Waals surface area contributed by atoms with E-state index in [-0.39, 0.29) is 11.1 Å². The molecule has 0 aromatic heterocycles. The van der Waals surface area contributed by atoms with Gasteiger partial charge in [0.05, 0.1) is 11.1 Å². The van der Waals surface area contributed by atoms with Gasteiger partial charge in [0.1, 0.15) is 0 Å². The van der Waals surface area contributed by atoms with Gasteiger partial charge in [-0.15, -0.1) is 0 Å². The van der Waals surface area contributed by atoms with Crippen LogP contribution in [0.3, 0.4) is 0 Å². The van der Waals surface area contributed by atoms with Gasteiger partial charge in [-0.05, 0) is 34.9 Å². The molecule has 126 valence electrons. The van der Waals surface area contributed by atoms with Crippen LogP contribution in [-0.4, -0.2) is 22.2 Å². The van der Waals surface area contributed by atoms with Gasteiger partial charge < -0.3 is 15.9 Å². The lowest BCUT2D eigenvalue weighted by Gasteiger charge is -2.15. The van der Waals surface area contributed by atoms with Crippen LogP contribution in [0.15, 0.2) is 48.5 Å². The minimum atomic E-state index is -1.27. The van der Waals surface area contributed by atoms with E-state index in [4.69, 9.17) is 5.73 Å². The molecule has 5 heteroatoms. The summed E-state index contributed by atoms with van der Waals surface area (Å²) in [5, 5.41) is 20.6. The SMILES string of the molecule is Cc1ccc2cc(C(=O)O)c(C(=O)O)c(-c3ccc(CN)cc3)c2c1. The first-order valence-corrected chi connectivity index (χ1v) is 7.75. The maximum Gasteiger partial charge on any atom is 0.337 e. The summed E-state index contributed by atoms with van der Waals surface area (Å²) in [6.45, 7) is 2.29. The number of aryl methyl sites for hydroxylation is 1. The number of carboxylic acid groups (broad SMARTS) is 2. The van der Waals surface area contributed by atoms with Gasteiger partial charge in [-0.25, -0.2) is 9.59 Å². The van der Waals surface area contributed by atoms with Gasteiger partial charge in [0.2, 0.25) is 0 Å². The first kappa shape index (κ1) is 16.7. The number of benzene rings is 3. The number of hydrogen-bond acceptors (Lipinski definition) is 3. The van der Waals surface area contributed by atoms with Crippen LogP contribution >= 0.6 is 0 Å². The minimum absolute atomic E-state index is 0.203. The Kier molecular flexibility index (Phi) is 4.25. The number of carboxylic acids is 2. The molecule has 3 aromatic rings. The fourth-order valence-electron chi connectivity index (χ4n) is 3.01. The maximum absolute atomic E-state index is 11.9. The standard InChI is InChI=1S/C20H17NO4/c1-11-2-5-14-9-16(19(22)23)18(20(24)25)17(15(14)8-11)13-6-3-12(10-21)4-7-13/h2-9H,10,21H2,1H3,(H,22,23)(H,24,25). The smallest absolute Gasteiger partial charge is 0.337 e. The number of hydrogen-bond donors (Lipinski definition) is 3. The number of nitrogens with two attached hydrogens (primary N) is 1. The maximum atomic E-state index is 11.9. The van der Waals surface area contributed by atoms with Gasteiger partial charge in [0.25, 0.3) is 0 Å². The third-order valence-electron chi connectivity index (χ3n) is 4.22. The van der Waals surface area contributed by atoms with Crippen LogP contribution in [0.25, 0.3) is 21.9 Å². The number of rotatable bonds is 4. The normalized spacial score (nSPS) is 10.8. The molecule has 0 fully saturated rings. The minimum Gasteiger partial charge on any atom is -0.478 e. The van der Waals surface area contributed by atoms with Crippen molar-refractivity contribution < 1.29 is 19.8 Å². The monoisotopic (exact) mass is 335 g/mol. The van der Waals surface area contributed by atoms with Crippen LogP contribution in [0.4, 0.5) is 0 Å². The number of aromatic carboxylic acids is 2. The average Bonchev–Trinajstić information content (AvgIpc) is 2.60. The lowest BCUT2D eigenvalue weighted by atomic mass is 9.88. The first-order valence-electron chi connectivity index (χ1n) is 7.75. The molecule has 0 amide bonds. The van der Waals surface area contributed by atoms with Crippen LogP contribution in [0.5, 0.6) is 0 Å². The largest absolute Gasteiger partial charge is 0.478 e. The van der Waals surface area contributed by atoms with E-state index >= 15 is 0 Å². The van der Waals surface area contributed by atoms with E-state index in [9.17, 15) is 19.8 Å². The summed E-state index contributed by atoms with van der Waals surface area (Å²) in [6, 6.07) is 14.1. The summed E-state index contributed by atoms with van der Waals surface area (Å²) in [4.78, 5) is 23.5. The molecular weight excluding hydrogens is 318 g/mol. The highest BCUT2D eigenvalue weighted by Crippen LogP contribution is 2.35. The highest BCUT2D eigenvalue weighted by molar-refractivity contribution is 6.14. The molecule has 0 spiro atoms. The molecule has 0 heterocycles. The Labute approximate surface area is 144 Å². The zero-order valence-corrected chi connectivity index (χ0v) is 13.6. The zero-order chi connectivity index (χ0) is 18.1. The Balaban J connectivity index is 2.46. The summed E-state index contributed by atoms with van der Waals surface area (Å²) in [6.07, 6.45) is 0. The molecule has 0 saturated carbocycles. The third-order valence-corrected chi connectivity index (χ3v) is 4.22. The summed E-state index contributed by atoms with van der Waals surface area (Å²) in [5.41, 5.74) is 8.13. The topological polar surface area (TPSA) is 101 Å². The van der Waals surface area contributed by atoms with Crippen molar-refractivity contribution in [3.63, 3.8) is 0 Å². The van der Waals surface area contributed by atoms with Crippen LogP contribution in [0.1, 0.15) is 31.8 Å². The molecular formula is C20H17NO4. The van der Waals surface area contributed by atoms with Crippen LogP contribution < -0.4 is 5.73 Å².